The number of nitrogens with zero attached hydrogens (tertiary/aromatic N) is 1. The molecule has 0 aliphatic carbocycles. The van der Waals surface area contributed by atoms with Crippen molar-refractivity contribution in [2.75, 3.05) is 5.06 Å². The minimum atomic E-state index is -2.15. The minimum absolute atomic E-state index is 0.00215. The molecule has 0 fully saturated rings. The fourth-order valence-corrected chi connectivity index (χ4v) is 2.49. The molecule has 0 spiro atoms. The first-order chi connectivity index (χ1) is 10.3. The lowest BCUT2D eigenvalue weighted by Crippen LogP contribution is -2.51. The highest BCUT2D eigenvalue weighted by Crippen LogP contribution is 2.38. The van der Waals surface area contributed by atoms with Crippen LogP contribution in [0.2, 0.25) is 18.1 Å². The van der Waals surface area contributed by atoms with Gasteiger partial charge >= 0.3 is 0 Å². The molecule has 1 rings (SSSR count). The molecule has 0 saturated heterocycles. The Bertz CT molecular complexity index is 598. The second-order valence-electron chi connectivity index (χ2n) is 8.39. The molecule has 0 atom stereocenters. The third-order valence-corrected chi connectivity index (χ3v) is 8.47. The SMILES string of the molecule is C#Cc1ccc(N(O[Si](C)(C)C(C)(C)C)C(=O)C(C)(C)C)cc1. The highest BCUT2D eigenvalue weighted by Gasteiger charge is 2.42. The summed E-state index contributed by atoms with van der Waals surface area (Å²) in [6.45, 7) is 16.4. The zero-order valence-corrected chi connectivity index (χ0v) is 16.7. The number of amides is 1. The number of hydrogen-bond acceptors (Lipinski definition) is 2. The van der Waals surface area contributed by atoms with Gasteiger partial charge < -0.3 is 4.53 Å². The van der Waals surface area contributed by atoms with E-state index in [1.165, 1.54) is 5.06 Å². The highest BCUT2D eigenvalue weighted by molar-refractivity contribution is 6.74. The molecular weight excluding hydrogens is 302 g/mol. The van der Waals surface area contributed by atoms with Crippen LogP contribution in [0.3, 0.4) is 0 Å². The highest BCUT2D eigenvalue weighted by atomic mass is 28.4. The van der Waals surface area contributed by atoms with Crippen LogP contribution in [0.25, 0.3) is 0 Å². The Morgan fingerprint density at radius 3 is 1.91 bits per heavy atom. The van der Waals surface area contributed by atoms with Gasteiger partial charge in [0.15, 0.2) is 0 Å². The molecule has 0 radical (unpaired) electrons. The second kappa shape index (κ2) is 6.50. The van der Waals surface area contributed by atoms with Gasteiger partial charge in [-0.05, 0) is 42.4 Å². The van der Waals surface area contributed by atoms with Gasteiger partial charge in [0.2, 0.25) is 8.32 Å². The maximum Gasteiger partial charge on any atom is 0.255 e. The predicted octanol–water partition coefficient (Wildman–Crippen LogP) is 4.98. The van der Waals surface area contributed by atoms with Crippen LogP contribution in [-0.2, 0) is 9.32 Å². The first kappa shape index (κ1) is 19.5. The van der Waals surface area contributed by atoms with E-state index >= 15 is 0 Å². The van der Waals surface area contributed by atoms with E-state index in [0.29, 0.717) is 5.69 Å². The maximum atomic E-state index is 12.9. The van der Waals surface area contributed by atoms with Crippen LogP contribution in [-0.4, -0.2) is 14.2 Å². The van der Waals surface area contributed by atoms with E-state index < -0.39 is 13.7 Å². The third-order valence-electron chi connectivity index (χ3n) is 4.22. The Labute approximate surface area is 142 Å². The van der Waals surface area contributed by atoms with E-state index in [4.69, 9.17) is 11.0 Å². The normalized spacial score (nSPS) is 12.7. The van der Waals surface area contributed by atoms with Gasteiger partial charge in [-0.3, -0.25) is 4.79 Å². The van der Waals surface area contributed by atoms with Crippen molar-refractivity contribution in [2.24, 2.45) is 5.41 Å². The van der Waals surface area contributed by atoms with Gasteiger partial charge in [-0.15, -0.1) is 6.42 Å². The monoisotopic (exact) mass is 331 g/mol. The van der Waals surface area contributed by atoms with Crippen LogP contribution in [0, 0.1) is 17.8 Å². The summed E-state index contributed by atoms with van der Waals surface area (Å²) in [5.74, 6) is 2.53. The van der Waals surface area contributed by atoms with Gasteiger partial charge in [-0.1, -0.05) is 47.5 Å². The summed E-state index contributed by atoms with van der Waals surface area (Å²) in [6, 6.07) is 7.33. The lowest BCUT2D eigenvalue weighted by molar-refractivity contribution is -0.130. The number of hydrogen-bond donors (Lipinski definition) is 0. The van der Waals surface area contributed by atoms with Gasteiger partial charge in [0.05, 0.1) is 5.69 Å². The van der Waals surface area contributed by atoms with Gasteiger partial charge in [-0.25, -0.2) is 0 Å². The number of benzene rings is 1. The van der Waals surface area contributed by atoms with E-state index in [9.17, 15) is 4.79 Å². The van der Waals surface area contributed by atoms with E-state index in [-0.39, 0.29) is 10.9 Å². The van der Waals surface area contributed by atoms with Crippen LogP contribution in [0.4, 0.5) is 5.69 Å². The topological polar surface area (TPSA) is 29.5 Å². The Morgan fingerprint density at radius 1 is 1.09 bits per heavy atom. The molecule has 0 unspecified atom stereocenters. The molecule has 23 heavy (non-hydrogen) atoms. The van der Waals surface area contributed by atoms with Crippen LogP contribution in [0.15, 0.2) is 24.3 Å². The number of terminal acetylenes is 1. The quantitative estimate of drug-likeness (QED) is 0.444. The van der Waals surface area contributed by atoms with Crippen molar-refractivity contribution in [3.05, 3.63) is 29.8 Å². The second-order valence-corrected chi connectivity index (χ2v) is 13.1. The summed E-state index contributed by atoms with van der Waals surface area (Å²) in [5.41, 5.74) is 0.964. The summed E-state index contributed by atoms with van der Waals surface area (Å²) < 4.78 is 6.32. The Kier molecular flexibility index (Phi) is 5.51. The first-order valence-electron chi connectivity index (χ1n) is 7.90. The molecule has 0 aromatic heterocycles. The molecular formula is C19H29NO2Si. The molecule has 1 aromatic rings. The number of hydroxylamine groups is 1. The van der Waals surface area contributed by atoms with E-state index in [0.717, 1.165) is 5.56 Å². The van der Waals surface area contributed by atoms with E-state index in [1.54, 1.807) is 0 Å². The summed E-state index contributed by atoms with van der Waals surface area (Å²) >= 11 is 0. The molecule has 4 heteroatoms. The van der Waals surface area contributed by atoms with Crippen molar-refractivity contribution in [1.82, 2.24) is 0 Å². The van der Waals surface area contributed by atoms with Crippen LogP contribution >= 0.6 is 0 Å². The van der Waals surface area contributed by atoms with Crippen molar-refractivity contribution in [2.45, 2.75) is 59.7 Å². The Morgan fingerprint density at radius 2 is 1.57 bits per heavy atom. The molecule has 0 aliphatic rings. The van der Waals surface area contributed by atoms with Crippen molar-refractivity contribution >= 4 is 19.9 Å². The van der Waals surface area contributed by atoms with Crippen molar-refractivity contribution in [3.8, 4) is 12.3 Å². The van der Waals surface area contributed by atoms with Crippen LogP contribution < -0.4 is 5.06 Å². The summed E-state index contributed by atoms with van der Waals surface area (Å²) in [6.07, 6.45) is 5.41. The predicted molar refractivity (Wildman–Crippen MR) is 99.6 cm³/mol. The zero-order chi connectivity index (χ0) is 18.1. The van der Waals surface area contributed by atoms with Gasteiger partial charge in [0, 0.05) is 11.0 Å². The third kappa shape index (κ3) is 4.70. The Hall–Kier alpha value is -1.57. The number of carbonyl (C=O) groups is 1. The summed E-state index contributed by atoms with van der Waals surface area (Å²) in [7, 11) is -2.15. The van der Waals surface area contributed by atoms with Crippen molar-refractivity contribution < 1.29 is 9.32 Å². The average molecular weight is 332 g/mol. The van der Waals surface area contributed by atoms with E-state index in [1.807, 2.05) is 45.0 Å². The van der Waals surface area contributed by atoms with Crippen LogP contribution in [0.5, 0.6) is 0 Å². The lowest BCUT2D eigenvalue weighted by Gasteiger charge is -2.41. The minimum Gasteiger partial charge on any atom is -0.312 e. The summed E-state index contributed by atoms with van der Waals surface area (Å²) in [5, 5.41) is 1.47. The van der Waals surface area contributed by atoms with Crippen molar-refractivity contribution in [1.29, 1.82) is 0 Å². The van der Waals surface area contributed by atoms with Gasteiger partial charge in [-0.2, -0.15) is 5.06 Å². The molecule has 0 aliphatic heterocycles. The average Bonchev–Trinajstić information content (AvgIpc) is 2.42. The molecule has 0 N–H and O–H groups in total. The Balaban J connectivity index is 3.28. The number of rotatable bonds is 3. The smallest absolute Gasteiger partial charge is 0.255 e. The van der Waals surface area contributed by atoms with Crippen LogP contribution in [0.1, 0.15) is 47.1 Å². The zero-order valence-electron chi connectivity index (χ0n) is 15.7. The molecule has 3 nitrogen and oxygen atoms in total. The molecule has 1 aromatic carbocycles. The fourth-order valence-electron chi connectivity index (χ4n) is 1.57. The lowest BCUT2D eigenvalue weighted by atomic mass is 9.95. The molecule has 126 valence electrons. The van der Waals surface area contributed by atoms with Gasteiger partial charge in [0.25, 0.3) is 5.91 Å². The standard InChI is InChI=1S/C19H29NO2Si/c1-10-15-11-13-16(14-12-15)20(17(21)18(2,3)4)22-23(8,9)19(5,6)7/h1,11-14H,2-9H3. The van der Waals surface area contributed by atoms with E-state index in [2.05, 4.69) is 39.8 Å². The maximum absolute atomic E-state index is 12.9. The van der Waals surface area contributed by atoms with Gasteiger partial charge in [0.1, 0.15) is 0 Å². The number of anilines is 1. The largest absolute Gasteiger partial charge is 0.312 e. The molecule has 0 heterocycles. The number of carbonyl (C=O) groups excluding carboxylic acids is 1. The summed E-state index contributed by atoms with van der Waals surface area (Å²) in [4.78, 5) is 12.9. The van der Waals surface area contributed by atoms with Crippen molar-refractivity contribution in [3.63, 3.8) is 0 Å². The molecule has 1 amide bonds. The molecule has 0 bridgehead atoms. The fraction of sp³-hybridized carbons (Fsp3) is 0.526. The first-order valence-corrected chi connectivity index (χ1v) is 10.8. The molecule has 0 saturated carbocycles.